The molecule has 0 bridgehead atoms. The summed E-state index contributed by atoms with van der Waals surface area (Å²) in [6, 6.07) is 3.66. The van der Waals surface area contributed by atoms with Crippen LogP contribution < -0.4 is 4.74 Å². The van der Waals surface area contributed by atoms with E-state index < -0.39 is 5.60 Å². The summed E-state index contributed by atoms with van der Waals surface area (Å²) < 4.78 is 6.01. The van der Waals surface area contributed by atoms with Gasteiger partial charge in [0.05, 0.1) is 12.0 Å². The van der Waals surface area contributed by atoms with Crippen molar-refractivity contribution in [1.29, 1.82) is 0 Å². The van der Waals surface area contributed by atoms with Gasteiger partial charge in [-0.3, -0.25) is 9.59 Å². The predicted molar refractivity (Wildman–Crippen MR) is 79.9 cm³/mol. The van der Waals surface area contributed by atoms with Crippen molar-refractivity contribution in [1.82, 2.24) is 0 Å². The number of Topliss-reactive ketones (excluding diaryl/α,β-unsaturated/α-hetero) is 2. The lowest BCUT2D eigenvalue weighted by molar-refractivity contribution is -0.116. The van der Waals surface area contributed by atoms with E-state index in [1.807, 2.05) is 19.9 Å². The molecule has 2 rings (SSSR count). The van der Waals surface area contributed by atoms with Crippen LogP contribution in [0.4, 0.5) is 0 Å². The minimum absolute atomic E-state index is 0.0353. The second-order valence-electron chi connectivity index (χ2n) is 6.25. The molecule has 0 atom stereocenters. The van der Waals surface area contributed by atoms with Crippen LogP contribution in [0, 0.1) is 0 Å². The lowest BCUT2D eigenvalue weighted by Crippen LogP contribution is -2.36. The van der Waals surface area contributed by atoms with Crippen molar-refractivity contribution in [3.05, 3.63) is 28.8 Å². The summed E-state index contributed by atoms with van der Waals surface area (Å²) in [5.74, 6) is 0.648. The highest BCUT2D eigenvalue weighted by molar-refractivity contribution is 6.01. The lowest BCUT2D eigenvalue weighted by Gasteiger charge is -2.33. The molecular formula is C17H22O4. The van der Waals surface area contributed by atoms with E-state index >= 15 is 0 Å². The standard InChI is InChI=1S/C17H22O4/c1-11(19)9-14-12(5-4-8-18)6-7-13-15(20)10-17(2,3)21-16(13)14/h6-7,18H,4-5,8-10H2,1-3H3. The molecule has 1 aliphatic rings. The Labute approximate surface area is 125 Å². The van der Waals surface area contributed by atoms with E-state index in [1.54, 1.807) is 6.07 Å². The zero-order chi connectivity index (χ0) is 15.6. The normalized spacial score (nSPS) is 16.3. The van der Waals surface area contributed by atoms with Gasteiger partial charge in [-0.2, -0.15) is 0 Å². The highest BCUT2D eigenvalue weighted by Crippen LogP contribution is 2.38. The van der Waals surface area contributed by atoms with Crippen molar-refractivity contribution in [3.8, 4) is 5.75 Å². The molecule has 21 heavy (non-hydrogen) atoms. The monoisotopic (exact) mass is 290 g/mol. The first-order valence-electron chi connectivity index (χ1n) is 7.31. The van der Waals surface area contributed by atoms with Gasteiger partial charge in [-0.15, -0.1) is 0 Å². The van der Waals surface area contributed by atoms with E-state index in [1.165, 1.54) is 6.92 Å². The molecule has 0 fully saturated rings. The minimum atomic E-state index is -0.550. The van der Waals surface area contributed by atoms with Crippen LogP contribution in [0.15, 0.2) is 12.1 Å². The summed E-state index contributed by atoms with van der Waals surface area (Å²) in [6.07, 6.45) is 1.90. The minimum Gasteiger partial charge on any atom is -0.486 e. The molecular weight excluding hydrogens is 268 g/mol. The van der Waals surface area contributed by atoms with Crippen molar-refractivity contribution in [2.24, 2.45) is 0 Å². The van der Waals surface area contributed by atoms with Crippen LogP contribution in [-0.4, -0.2) is 28.9 Å². The van der Waals surface area contributed by atoms with Gasteiger partial charge < -0.3 is 9.84 Å². The first-order valence-corrected chi connectivity index (χ1v) is 7.31. The maximum Gasteiger partial charge on any atom is 0.170 e. The lowest BCUT2D eigenvalue weighted by atomic mass is 9.88. The maximum atomic E-state index is 12.3. The first kappa shape index (κ1) is 15.7. The van der Waals surface area contributed by atoms with Crippen LogP contribution >= 0.6 is 0 Å². The van der Waals surface area contributed by atoms with Gasteiger partial charge in [0.15, 0.2) is 5.78 Å². The Morgan fingerprint density at radius 3 is 2.71 bits per heavy atom. The number of aliphatic hydroxyl groups excluding tert-OH is 1. The molecule has 1 aliphatic heterocycles. The summed E-state index contributed by atoms with van der Waals surface area (Å²) in [5, 5.41) is 9.01. The number of aliphatic hydroxyl groups is 1. The number of benzene rings is 1. The van der Waals surface area contributed by atoms with Crippen LogP contribution in [0.3, 0.4) is 0 Å². The summed E-state index contributed by atoms with van der Waals surface area (Å²) in [4.78, 5) is 23.8. The third kappa shape index (κ3) is 3.50. The number of carbonyl (C=O) groups is 2. The second-order valence-corrected chi connectivity index (χ2v) is 6.25. The average Bonchev–Trinajstić information content (AvgIpc) is 2.36. The van der Waals surface area contributed by atoms with Gasteiger partial charge in [0, 0.05) is 18.6 Å². The van der Waals surface area contributed by atoms with E-state index in [4.69, 9.17) is 9.84 Å². The molecule has 4 heteroatoms. The molecule has 0 radical (unpaired) electrons. The molecule has 0 spiro atoms. The van der Waals surface area contributed by atoms with Gasteiger partial charge in [0.2, 0.25) is 0 Å². The topological polar surface area (TPSA) is 63.6 Å². The van der Waals surface area contributed by atoms with E-state index in [9.17, 15) is 9.59 Å². The zero-order valence-electron chi connectivity index (χ0n) is 12.9. The van der Waals surface area contributed by atoms with Gasteiger partial charge in [-0.1, -0.05) is 6.07 Å². The smallest absolute Gasteiger partial charge is 0.170 e. The number of carbonyl (C=O) groups excluding carboxylic acids is 2. The molecule has 1 aromatic rings. The fourth-order valence-electron chi connectivity index (χ4n) is 2.75. The molecule has 0 amide bonds. The second kappa shape index (κ2) is 5.98. The third-order valence-electron chi connectivity index (χ3n) is 3.65. The fraction of sp³-hybridized carbons (Fsp3) is 0.529. The molecule has 114 valence electrons. The van der Waals surface area contributed by atoms with E-state index in [2.05, 4.69) is 0 Å². The molecule has 1 N–H and O–H groups in total. The van der Waals surface area contributed by atoms with Gasteiger partial charge >= 0.3 is 0 Å². The Bertz CT molecular complexity index is 572. The quantitative estimate of drug-likeness (QED) is 0.905. The van der Waals surface area contributed by atoms with Gasteiger partial charge in [-0.05, 0) is 45.2 Å². The summed E-state index contributed by atoms with van der Waals surface area (Å²) >= 11 is 0. The predicted octanol–water partition coefficient (Wildman–Crippen LogP) is 2.49. The van der Waals surface area contributed by atoms with Crippen molar-refractivity contribution in [3.63, 3.8) is 0 Å². The van der Waals surface area contributed by atoms with Gasteiger partial charge in [0.25, 0.3) is 0 Å². The number of ether oxygens (including phenoxy) is 1. The van der Waals surface area contributed by atoms with Gasteiger partial charge in [-0.25, -0.2) is 0 Å². The number of rotatable bonds is 5. The average molecular weight is 290 g/mol. The summed E-state index contributed by atoms with van der Waals surface area (Å²) in [5.41, 5.74) is 1.79. The number of fused-ring (bicyclic) bond motifs is 1. The Morgan fingerprint density at radius 1 is 1.38 bits per heavy atom. The van der Waals surface area contributed by atoms with Crippen LogP contribution in [-0.2, 0) is 17.6 Å². The Balaban J connectivity index is 2.52. The summed E-state index contributed by atoms with van der Waals surface area (Å²) in [7, 11) is 0. The third-order valence-corrected chi connectivity index (χ3v) is 3.65. The molecule has 0 aromatic heterocycles. The fourth-order valence-corrected chi connectivity index (χ4v) is 2.75. The SMILES string of the molecule is CC(=O)Cc1c(CCCO)ccc2c1OC(C)(C)CC2=O. The van der Waals surface area contributed by atoms with Crippen molar-refractivity contribution in [2.45, 2.75) is 52.1 Å². The van der Waals surface area contributed by atoms with Crippen LogP contribution in [0.1, 0.15) is 55.1 Å². The Morgan fingerprint density at radius 2 is 2.10 bits per heavy atom. The zero-order valence-corrected chi connectivity index (χ0v) is 12.9. The molecule has 0 saturated carbocycles. The summed E-state index contributed by atoms with van der Waals surface area (Å²) in [6.45, 7) is 5.39. The highest BCUT2D eigenvalue weighted by atomic mass is 16.5. The first-order chi connectivity index (χ1) is 9.84. The molecule has 0 unspecified atom stereocenters. The Kier molecular flexibility index (Phi) is 4.47. The van der Waals surface area contributed by atoms with Crippen LogP contribution in [0.25, 0.3) is 0 Å². The van der Waals surface area contributed by atoms with E-state index in [-0.39, 0.29) is 24.6 Å². The molecule has 1 aromatic carbocycles. The van der Waals surface area contributed by atoms with Crippen molar-refractivity contribution in [2.75, 3.05) is 6.61 Å². The number of hydrogen-bond donors (Lipinski definition) is 1. The number of aryl methyl sites for hydroxylation is 1. The number of ketones is 2. The molecule has 4 nitrogen and oxygen atoms in total. The number of hydrogen-bond acceptors (Lipinski definition) is 4. The largest absolute Gasteiger partial charge is 0.486 e. The Hall–Kier alpha value is -1.68. The van der Waals surface area contributed by atoms with Crippen molar-refractivity contribution < 1.29 is 19.4 Å². The van der Waals surface area contributed by atoms with Crippen LogP contribution in [0.2, 0.25) is 0 Å². The molecule has 1 heterocycles. The maximum absolute atomic E-state index is 12.3. The van der Waals surface area contributed by atoms with Crippen LogP contribution in [0.5, 0.6) is 5.75 Å². The van der Waals surface area contributed by atoms with Crippen molar-refractivity contribution >= 4 is 11.6 Å². The molecule has 0 aliphatic carbocycles. The van der Waals surface area contributed by atoms with Gasteiger partial charge in [0.1, 0.15) is 17.1 Å². The molecule has 0 saturated heterocycles. The highest BCUT2D eigenvalue weighted by Gasteiger charge is 2.34. The van der Waals surface area contributed by atoms with E-state index in [0.717, 1.165) is 11.1 Å². The van der Waals surface area contributed by atoms with E-state index in [0.29, 0.717) is 30.6 Å².